The zero-order valence-corrected chi connectivity index (χ0v) is 13.2. The van der Waals surface area contributed by atoms with Crippen LogP contribution < -0.4 is 11.3 Å². The van der Waals surface area contributed by atoms with Crippen molar-refractivity contribution >= 4 is 0 Å². The molecule has 1 aliphatic carbocycles. The number of hydrogen-bond acceptors (Lipinski definition) is 2. The van der Waals surface area contributed by atoms with Crippen molar-refractivity contribution in [1.82, 2.24) is 5.43 Å². The van der Waals surface area contributed by atoms with Crippen molar-refractivity contribution in [2.45, 2.75) is 58.9 Å². The van der Waals surface area contributed by atoms with Gasteiger partial charge in [-0.25, -0.2) is 0 Å². The minimum Gasteiger partial charge on any atom is -0.271 e. The van der Waals surface area contributed by atoms with Gasteiger partial charge in [0, 0.05) is 6.04 Å². The maximum Gasteiger partial charge on any atom is 0.0242 e. The van der Waals surface area contributed by atoms with Crippen LogP contribution in [0.15, 0.2) is 24.3 Å². The second kappa shape index (κ2) is 7.24. The summed E-state index contributed by atoms with van der Waals surface area (Å²) in [5.74, 6) is 8.27. The van der Waals surface area contributed by atoms with Gasteiger partial charge in [0.15, 0.2) is 0 Å². The summed E-state index contributed by atoms with van der Waals surface area (Å²) in [5.41, 5.74) is 5.85. The molecule has 0 aromatic heterocycles. The smallest absolute Gasteiger partial charge is 0.0242 e. The zero-order chi connectivity index (χ0) is 14.5. The first kappa shape index (κ1) is 15.5. The van der Waals surface area contributed by atoms with Crippen molar-refractivity contribution in [3.63, 3.8) is 0 Å². The van der Waals surface area contributed by atoms with Crippen molar-refractivity contribution in [3.05, 3.63) is 35.4 Å². The van der Waals surface area contributed by atoms with E-state index >= 15 is 0 Å². The summed E-state index contributed by atoms with van der Waals surface area (Å²) in [6.07, 6.45) is 6.30. The molecule has 0 bridgehead atoms. The summed E-state index contributed by atoms with van der Waals surface area (Å²) in [7, 11) is 0. The first-order valence-electron chi connectivity index (χ1n) is 8.10. The second-order valence-corrected chi connectivity index (χ2v) is 6.97. The van der Waals surface area contributed by atoms with E-state index in [0.717, 1.165) is 30.6 Å². The van der Waals surface area contributed by atoms with Gasteiger partial charge in [-0.2, -0.15) is 0 Å². The lowest BCUT2D eigenvalue weighted by molar-refractivity contribution is 0.171. The van der Waals surface area contributed by atoms with Gasteiger partial charge in [0.25, 0.3) is 0 Å². The van der Waals surface area contributed by atoms with Crippen molar-refractivity contribution in [2.24, 2.45) is 23.6 Å². The predicted molar refractivity (Wildman–Crippen MR) is 86.3 cm³/mol. The highest BCUT2D eigenvalue weighted by Gasteiger charge is 2.29. The molecule has 1 aromatic rings. The molecule has 0 amide bonds. The lowest BCUT2D eigenvalue weighted by Crippen LogP contribution is -2.43. The number of rotatable bonds is 5. The van der Waals surface area contributed by atoms with E-state index in [1.165, 1.54) is 30.4 Å². The fourth-order valence-electron chi connectivity index (χ4n) is 3.87. The molecule has 2 rings (SSSR count). The Balaban J connectivity index is 1.89. The number of aryl methyl sites for hydroxylation is 2. The number of hydrogen-bond donors (Lipinski definition) is 2. The van der Waals surface area contributed by atoms with Gasteiger partial charge in [0.2, 0.25) is 0 Å². The molecular weight excluding hydrogens is 244 g/mol. The molecule has 3 N–H and O–H groups in total. The fourth-order valence-corrected chi connectivity index (χ4v) is 3.87. The molecule has 0 saturated heterocycles. The monoisotopic (exact) mass is 274 g/mol. The van der Waals surface area contributed by atoms with Gasteiger partial charge in [-0.1, -0.05) is 43.7 Å². The summed E-state index contributed by atoms with van der Waals surface area (Å²) in [6.45, 7) is 6.91. The number of benzene rings is 1. The molecule has 1 saturated carbocycles. The SMILES string of the molecule is Cc1ccc(CCC(NN)C2CC(C)CC(C)C2)cc1. The topological polar surface area (TPSA) is 38.0 Å². The van der Waals surface area contributed by atoms with Crippen LogP contribution in [0.5, 0.6) is 0 Å². The molecule has 1 aliphatic rings. The average molecular weight is 274 g/mol. The highest BCUT2D eigenvalue weighted by Crippen LogP contribution is 2.35. The summed E-state index contributed by atoms with van der Waals surface area (Å²) in [6, 6.07) is 9.35. The standard InChI is InChI=1S/C18H30N2/c1-13-4-6-16(7-5-13)8-9-18(20-19)17-11-14(2)10-15(3)12-17/h4-7,14-15,17-18,20H,8-12,19H2,1-3H3. The Kier molecular flexibility index (Phi) is 5.62. The van der Waals surface area contributed by atoms with Crippen molar-refractivity contribution in [2.75, 3.05) is 0 Å². The van der Waals surface area contributed by atoms with Gasteiger partial charge in [-0.3, -0.25) is 11.3 Å². The van der Waals surface area contributed by atoms with E-state index in [-0.39, 0.29) is 0 Å². The molecule has 112 valence electrons. The molecule has 2 heteroatoms. The lowest BCUT2D eigenvalue weighted by atomic mass is 9.73. The number of nitrogens with one attached hydrogen (secondary N) is 1. The largest absolute Gasteiger partial charge is 0.271 e. The van der Waals surface area contributed by atoms with Gasteiger partial charge >= 0.3 is 0 Å². The van der Waals surface area contributed by atoms with Crippen LogP contribution in [0, 0.1) is 24.7 Å². The van der Waals surface area contributed by atoms with E-state index in [2.05, 4.69) is 50.5 Å². The lowest BCUT2D eigenvalue weighted by Gasteiger charge is -2.36. The summed E-state index contributed by atoms with van der Waals surface area (Å²) in [4.78, 5) is 0. The van der Waals surface area contributed by atoms with Gasteiger partial charge in [0.1, 0.15) is 0 Å². The molecule has 1 fully saturated rings. The summed E-state index contributed by atoms with van der Waals surface area (Å²) in [5, 5.41) is 0. The summed E-state index contributed by atoms with van der Waals surface area (Å²) < 4.78 is 0. The third kappa shape index (κ3) is 4.32. The number of hydrazine groups is 1. The third-order valence-corrected chi connectivity index (χ3v) is 4.86. The quantitative estimate of drug-likeness (QED) is 0.632. The van der Waals surface area contributed by atoms with Crippen LogP contribution in [0.3, 0.4) is 0 Å². The molecule has 0 spiro atoms. The second-order valence-electron chi connectivity index (χ2n) is 6.97. The number of nitrogens with two attached hydrogens (primary N) is 1. The maximum absolute atomic E-state index is 5.83. The molecule has 2 nitrogen and oxygen atoms in total. The minimum absolute atomic E-state index is 0.460. The fraction of sp³-hybridized carbons (Fsp3) is 0.667. The van der Waals surface area contributed by atoms with Gasteiger partial charge in [-0.05, 0) is 62.3 Å². The molecule has 20 heavy (non-hydrogen) atoms. The van der Waals surface area contributed by atoms with Gasteiger partial charge in [0.05, 0.1) is 0 Å². The van der Waals surface area contributed by atoms with Gasteiger partial charge < -0.3 is 0 Å². The average Bonchev–Trinajstić information content (AvgIpc) is 2.40. The molecule has 3 atom stereocenters. The molecule has 3 unspecified atom stereocenters. The van der Waals surface area contributed by atoms with E-state index in [1.807, 2.05) is 0 Å². The van der Waals surface area contributed by atoms with Crippen molar-refractivity contribution in [1.29, 1.82) is 0 Å². The van der Waals surface area contributed by atoms with E-state index in [1.54, 1.807) is 0 Å². The highest BCUT2D eigenvalue weighted by atomic mass is 15.2. The Morgan fingerprint density at radius 1 is 1.10 bits per heavy atom. The first-order chi connectivity index (χ1) is 9.58. The Morgan fingerprint density at radius 3 is 2.25 bits per heavy atom. The van der Waals surface area contributed by atoms with E-state index < -0.39 is 0 Å². The Labute approximate surface area is 124 Å². The van der Waals surface area contributed by atoms with E-state index in [4.69, 9.17) is 5.84 Å². The van der Waals surface area contributed by atoms with Crippen LogP contribution in [0.25, 0.3) is 0 Å². The van der Waals surface area contributed by atoms with Crippen LogP contribution in [-0.4, -0.2) is 6.04 Å². The third-order valence-electron chi connectivity index (χ3n) is 4.86. The Morgan fingerprint density at radius 2 is 1.70 bits per heavy atom. The molecule has 0 heterocycles. The molecule has 0 radical (unpaired) electrons. The molecule has 0 aliphatic heterocycles. The molecular formula is C18H30N2. The maximum atomic E-state index is 5.83. The molecule has 1 aromatic carbocycles. The van der Waals surface area contributed by atoms with Crippen molar-refractivity contribution < 1.29 is 0 Å². The Hall–Kier alpha value is -0.860. The van der Waals surface area contributed by atoms with Gasteiger partial charge in [-0.15, -0.1) is 0 Å². The minimum atomic E-state index is 0.460. The van der Waals surface area contributed by atoms with Crippen LogP contribution in [0.1, 0.15) is 50.7 Å². The predicted octanol–water partition coefficient (Wildman–Crippen LogP) is 3.83. The van der Waals surface area contributed by atoms with Crippen LogP contribution in [-0.2, 0) is 6.42 Å². The van der Waals surface area contributed by atoms with Crippen LogP contribution in [0.2, 0.25) is 0 Å². The highest BCUT2D eigenvalue weighted by molar-refractivity contribution is 5.21. The Bertz CT molecular complexity index is 388. The van der Waals surface area contributed by atoms with Crippen molar-refractivity contribution in [3.8, 4) is 0 Å². The summed E-state index contributed by atoms with van der Waals surface area (Å²) >= 11 is 0. The van der Waals surface area contributed by atoms with Crippen LogP contribution >= 0.6 is 0 Å². The van der Waals surface area contributed by atoms with Crippen LogP contribution in [0.4, 0.5) is 0 Å². The first-order valence-corrected chi connectivity index (χ1v) is 8.10. The zero-order valence-electron chi connectivity index (χ0n) is 13.2. The van der Waals surface area contributed by atoms with E-state index in [0.29, 0.717) is 6.04 Å². The normalized spacial score (nSPS) is 28.3. The van der Waals surface area contributed by atoms with E-state index in [9.17, 15) is 0 Å².